The van der Waals surface area contributed by atoms with E-state index in [1.807, 2.05) is 0 Å². The van der Waals surface area contributed by atoms with Crippen LogP contribution in [0.2, 0.25) is 0 Å². The van der Waals surface area contributed by atoms with Gasteiger partial charge in [0.2, 0.25) is 0 Å². The largest absolute Gasteiger partial charge is 0.493 e. The summed E-state index contributed by atoms with van der Waals surface area (Å²) in [6, 6.07) is 19.0. The molecule has 1 heterocycles. The molecule has 0 aliphatic carbocycles. The van der Waals surface area contributed by atoms with Gasteiger partial charge in [0.1, 0.15) is 5.75 Å². The Morgan fingerprint density at radius 2 is 1.70 bits per heavy atom. The van der Waals surface area contributed by atoms with Crippen molar-refractivity contribution in [3.63, 3.8) is 0 Å². The lowest BCUT2D eigenvalue weighted by Gasteiger charge is -2.16. The molecular weight excluding hydrogens is 382 g/mol. The van der Waals surface area contributed by atoms with Gasteiger partial charge in [-0.2, -0.15) is 0 Å². The van der Waals surface area contributed by atoms with E-state index < -0.39 is 11.9 Å². The molecule has 0 spiro atoms. The fraction of sp³-hybridized carbons (Fsp3) is 0.417. The third-order valence-electron chi connectivity index (χ3n) is 5.06. The molecule has 1 unspecified atom stereocenters. The zero-order valence-corrected chi connectivity index (χ0v) is 17.5. The Morgan fingerprint density at radius 1 is 1.00 bits per heavy atom. The maximum absolute atomic E-state index is 9.10. The molecule has 1 aliphatic rings. The maximum Gasteiger partial charge on any atom is 0.414 e. The maximum atomic E-state index is 9.10. The van der Waals surface area contributed by atoms with Crippen LogP contribution in [0.4, 0.5) is 0 Å². The molecule has 3 rings (SSSR count). The highest BCUT2D eigenvalue weighted by Gasteiger charge is 2.22. The molecule has 0 bridgehead atoms. The number of rotatable bonds is 8. The number of likely N-dealkylation sites (tertiary alicyclic amines) is 1. The Labute approximate surface area is 178 Å². The average molecular weight is 414 g/mol. The first kappa shape index (κ1) is 23.4. The predicted molar refractivity (Wildman–Crippen MR) is 117 cm³/mol. The SMILES string of the molecule is CCCCCN1CCC(COc2cccc(-c3ccccc3)c2)C1.O=C(O)C(=O)O. The van der Waals surface area contributed by atoms with Gasteiger partial charge < -0.3 is 19.8 Å². The number of carboxylic acids is 2. The lowest BCUT2D eigenvalue weighted by molar-refractivity contribution is -0.159. The van der Waals surface area contributed by atoms with Crippen LogP contribution in [-0.2, 0) is 9.59 Å². The molecule has 0 saturated carbocycles. The van der Waals surface area contributed by atoms with Gasteiger partial charge in [-0.3, -0.25) is 0 Å². The number of ether oxygens (including phenoxy) is 1. The Kier molecular flexibility index (Phi) is 9.87. The molecule has 1 fully saturated rings. The molecule has 1 atom stereocenters. The summed E-state index contributed by atoms with van der Waals surface area (Å²) < 4.78 is 6.10. The molecule has 1 aliphatic heterocycles. The van der Waals surface area contributed by atoms with Gasteiger partial charge in [0, 0.05) is 12.5 Å². The second-order valence-corrected chi connectivity index (χ2v) is 7.48. The van der Waals surface area contributed by atoms with Gasteiger partial charge in [0.25, 0.3) is 0 Å². The van der Waals surface area contributed by atoms with Crippen molar-refractivity contribution in [3.05, 3.63) is 54.6 Å². The normalized spacial score (nSPS) is 15.8. The summed E-state index contributed by atoms with van der Waals surface area (Å²) in [5, 5.41) is 14.8. The van der Waals surface area contributed by atoms with Gasteiger partial charge >= 0.3 is 11.9 Å². The number of carbonyl (C=O) groups is 2. The molecule has 0 radical (unpaired) electrons. The van der Waals surface area contributed by atoms with E-state index in [0.717, 1.165) is 12.4 Å². The molecule has 1 saturated heterocycles. The topological polar surface area (TPSA) is 87.1 Å². The fourth-order valence-corrected chi connectivity index (χ4v) is 3.45. The molecule has 2 aromatic carbocycles. The fourth-order valence-electron chi connectivity index (χ4n) is 3.45. The van der Waals surface area contributed by atoms with Crippen LogP contribution in [0.15, 0.2) is 54.6 Å². The molecule has 6 nitrogen and oxygen atoms in total. The van der Waals surface area contributed by atoms with Crippen LogP contribution in [0, 0.1) is 5.92 Å². The number of hydrogen-bond acceptors (Lipinski definition) is 4. The first-order valence-corrected chi connectivity index (χ1v) is 10.5. The predicted octanol–water partition coefficient (Wildman–Crippen LogP) is 4.40. The van der Waals surface area contributed by atoms with E-state index in [-0.39, 0.29) is 0 Å². The van der Waals surface area contributed by atoms with E-state index in [1.165, 1.54) is 56.4 Å². The van der Waals surface area contributed by atoms with E-state index in [4.69, 9.17) is 24.5 Å². The zero-order chi connectivity index (χ0) is 21.8. The van der Waals surface area contributed by atoms with Crippen LogP contribution in [-0.4, -0.2) is 53.3 Å². The lowest BCUT2D eigenvalue weighted by Crippen LogP contribution is -2.23. The number of carboxylic acid groups (broad SMARTS) is 2. The highest BCUT2D eigenvalue weighted by Crippen LogP contribution is 2.25. The van der Waals surface area contributed by atoms with Crippen molar-refractivity contribution in [2.75, 3.05) is 26.2 Å². The lowest BCUT2D eigenvalue weighted by atomic mass is 10.1. The van der Waals surface area contributed by atoms with Crippen molar-refractivity contribution in [2.24, 2.45) is 5.92 Å². The second kappa shape index (κ2) is 12.6. The highest BCUT2D eigenvalue weighted by atomic mass is 16.5. The summed E-state index contributed by atoms with van der Waals surface area (Å²) in [7, 11) is 0. The molecule has 0 amide bonds. The standard InChI is InChI=1S/C22H29NO.C2H2O4/c1-2-3-7-14-23-15-13-19(17-23)18-24-22-12-8-11-21(16-22)20-9-5-4-6-10-20;3-1(4)2(5)6/h4-6,8-12,16,19H,2-3,7,13-15,17-18H2,1H3;(H,3,4)(H,5,6). The van der Waals surface area contributed by atoms with Crippen molar-refractivity contribution in [2.45, 2.75) is 32.6 Å². The van der Waals surface area contributed by atoms with Crippen LogP contribution >= 0.6 is 0 Å². The quantitative estimate of drug-likeness (QED) is 0.493. The van der Waals surface area contributed by atoms with Crippen LogP contribution in [0.1, 0.15) is 32.6 Å². The number of aliphatic carboxylic acids is 2. The second-order valence-electron chi connectivity index (χ2n) is 7.48. The molecule has 30 heavy (non-hydrogen) atoms. The molecule has 2 aromatic rings. The summed E-state index contributed by atoms with van der Waals surface area (Å²) in [6.07, 6.45) is 5.26. The molecular formula is C24H31NO5. The highest BCUT2D eigenvalue weighted by molar-refractivity contribution is 6.27. The molecule has 6 heteroatoms. The van der Waals surface area contributed by atoms with Gasteiger partial charge in [0.15, 0.2) is 0 Å². The number of hydrogen-bond donors (Lipinski definition) is 2. The van der Waals surface area contributed by atoms with Gasteiger partial charge in [-0.1, -0.05) is 62.2 Å². The van der Waals surface area contributed by atoms with E-state index >= 15 is 0 Å². The summed E-state index contributed by atoms with van der Waals surface area (Å²) in [5.74, 6) is -1.99. The van der Waals surface area contributed by atoms with Gasteiger partial charge in [-0.05, 0) is 49.2 Å². The summed E-state index contributed by atoms with van der Waals surface area (Å²) >= 11 is 0. The Bertz CT molecular complexity index is 781. The Hall–Kier alpha value is -2.86. The van der Waals surface area contributed by atoms with Crippen molar-refractivity contribution in [1.82, 2.24) is 4.90 Å². The van der Waals surface area contributed by atoms with Gasteiger partial charge in [-0.25, -0.2) is 9.59 Å². The van der Waals surface area contributed by atoms with Gasteiger partial charge in [-0.15, -0.1) is 0 Å². The summed E-state index contributed by atoms with van der Waals surface area (Å²) in [5.41, 5.74) is 2.46. The van der Waals surface area contributed by atoms with Crippen molar-refractivity contribution < 1.29 is 24.5 Å². The summed E-state index contributed by atoms with van der Waals surface area (Å²) in [4.78, 5) is 20.8. The van der Waals surface area contributed by atoms with E-state index in [9.17, 15) is 0 Å². The third-order valence-corrected chi connectivity index (χ3v) is 5.06. The van der Waals surface area contributed by atoms with Crippen molar-refractivity contribution in [1.29, 1.82) is 0 Å². The zero-order valence-electron chi connectivity index (χ0n) is 17.5. The van der Waals surface area contributed by atoms with Crippen LogP contribution in [0.25, 0.3) is 11.1 Å². The van der Waals surface area contributed by atoms with E-state index in [2.05, 4.69) is 66.4 Å². The van der Waals surface area contributed by atoms with Crippen LogP contribution < -0.4 is 4.74 Å². The van der Waals surface area contributed by atoms with Gasteiger partial charge in [0.05, 0.1) is 6.61 Å². The van der Waals surface area contributed by atoms with Crippen LogP contribution in [0.3, 0.4) is 0 Å². The van der Waals surface area contributed by atoms with Crippen LogP contribution in [0.5, 0.6) is 5.75 Å². The number of benzene rings is 2. The average Bonchev–Trinajstić information content (AvgIpc) is 3.21. The minimum absolute atomic E-state index is 0.673. The minimum atomic E-state index is -1.82. The molecule has 2 N–H and O–H groups in total. The number of unbranched alkanes of at least 4 members (excludes halogenated alkanes) is 2. The number of nitrogens with zero attached hydrogens (tertiary/aromatic N) is 1. The van der Waals surface area contributed by atoms with E-state index in [1.54, 1.807) is 0 Å². The summed E-state index contributed by atoms with van der Waals surface area (Å²) in [6.45, 7) is 6.80. The first-order valence-electron chi connectivity index (χ1n) is 10.5. The monoisotopic (exact) mass is 413 g/mol. The first-order chi connectivity index (χ1) is 14.5. The minimum Gasteiger partial charge on any atom is -0.493 e. The third kappa shape index (κ3) is 8.25. The Balaban J connectivity index is 0.000000469. The van der Waals surface area contributed by atoms with E-state index in [0.29, 0.717) is 5.92 Å². The Morgan fingerprint density at radius 3 is 2.37 bits per heavy atom. The van der Waals surface area contributed by atoms with Crippen molar-refractivity contribution >= 4 is 11.9 Å². The molecule has 162 valence electrons. The van der Waals surface area contributed by atoms with Crippen molar-refractivity contribution in [3.8, 4) is 16.9 Å². The smallest absolute Gasteiger partial charge is 0.414 e. The molecule has 0 aromatic heterocycles.